The summed E-state index contributed by atoms with van der Waals surface area (Å²) in [6.07, 6.45) is 12.0. The van der Waals surface area contributed by atoms with Gasteiger partial charge in [-0.05, 0) is 64.0 Å². The van der Waals surface area contributed by atoms with Crippen LogP contribution in [0.15, 0.2) is 4.99 Å². The largest absolute Gasteiger partial charge is 0.381 e. The lowest BCUT2D eigenvalue weighted by atomic mass is 9.88. The number of nitrogens with zero attached hydrogens (tertiary/aromatic N) is 3. The Hall–Kier alpha value is -0.120. The first-order valence-corrected chi connectivity index (χ1v) is 11.8. The summed E-state index contributed by atoms with van der Waals surface area (Å²) in [7, 11) is 1.91. The zero-order chi connectivity index (χ0) is 19.2. The quantitative estimate of drug-likeness (QED) is 0.321. The average molecular weight is 520 g/mol. The number of rotatable bonds is 6. The zero-order valence-electron chi connectivity index (χ0n) is 18.3. The minimum atomic E-state index is 0. The lowest BCUT2D eigenvalue weighted by molar-refractivity contribution is -0.0164. The van der Waals surface area contributed by atoms with Gasteiger partial charge in [-0.2, -0.15) is 0 Å². The van der Waals surface area contributed by atoms with Crippen LogP contribution in [0.1, 0.15) is 57.8 Å². The van der Waals surface area contributed by atoms with Gasteiger partial charge in [0.15, 0.2) is 5.96 Å². The monoisotopic (exact) mass is 519 g/mol. The van der Waals surface area contributed by atoms with Gasteiger partial charge in [-0.15, -0.1) is 24.0 Å². The molecule has 3 heterocycles. The van der Waals surface area contributed by atoms with E-state index < -0.39 is 0 Å². The van der Waals surface area contributed by atoms with E-state index in [0.717, 1.165) is 44.5 Å². The fraction of sp³-hybridized carbons (Fsp3) is 0.955. The number of hydrogen-bond donors (Lipinski definition) is 2. The second kappa shape index (κ2) is 11.5. The van der Waals surface area contributed by atoms with Gasteiger partial charge in [0, 0.05) is 58.0 Å². The molecular weight excluding hydrogens is 477 g/mol. The van der Waals surface area contributed by atoms with Crippen molar-refractivity contribution in [3.8, 4) is 0 Å². The van der Waals surface area contributed by atoms with Crippen molar-refractivity contribution in [2.75, 3.05) is 59.5 Å². The van der Waals surface area contributed by atoms with E-state index in [2.05, 4.69) is 25.4 Å². The van der Waals surface area contributed by atoms with Gasteiger partial charge in [0.1, 0.15) is 0 Å². The highest BCUT2D eigenvalue weighted by molar-refractivity contribution is 14.0. The van der Waals surface area contributed by atoms with Gasteiger partial charge in [0.2, 0.25) is 0 Å². The van der Waals surface area contributed by atoms with Crippen LogP contribution in [-0.2, 0) is 4.74 Å². The van der Waals surface area contributed by atoms with Crippen LogP contribution < -0.4 is 10.6 Å². The molecule has 1 aliphatic carbocycles. The Labute approximate surface area is 194 Å². The van der Waals surface area contributed by atoms with Crippen molar-refractivity contribution >= 4 is 29.9 Å². The molecule has 1 saturated carbocycles. The molecule has 0 aromatic rings. The first-order chi connectivity index (χ1) is 13.8. The van der Waals surface area contributed by atoms with Crippen molar-refractivity contribution in [3.05, 3.63) is 0 Å². The lowest BCUT2D eigenvalue weighted by Crippen LogP contribution is -2.59. The van der Waals surface area contributed by atoms with Crippen LogP contribution in [0.25, 0.3) is 0 Å². The van der Waals surface area contributed by atoms with Crippen molar-refractivity contribution in [2.24, 2.45) is 10.9 Å². The van der Waals surface area contributed by atoms with E-state index in [-0.39, 0.29) is 29.5 Å². The summed E-state index contributed by atoms with van der Waals surface area (Å²) in [6.45, 7) is 8.96. The summed E-state index contributed by atoms with van der Waals surface area (Å²) in [4.78, 5) is 9.94. The molecule has 0 amide bonds. The van der Waals surface area contributed by atoms with Crippen LogP contribution in [0.2, 0.25) is 0 Å². The van der Waals surface area contributed by atoms with Crippen LogP contribution in [0.4, 0.5) is 0 Å². The smallest absolute Gasteiger partial charge is 0.191 e. The van der Waals surface area contributed by atoms with Crippen LogP contribution >= 0.6 is 24.0 Å². The maximum Gasteiger partial charge on any atom is 0.191 e. The van der Waals surface area contributed by atoms with Crippen LogP contribution in [0, 0.1) is 5.92 Å². The third-order valence-corrected chi connectivity index (χ3v) is 7.61. The Morgan fingerprint density at radius 1 is 1.03 bits per heavy atom. The molecule has 29 heavy (non-hydrogen) atoms. The van der Waals surface area contributed by atoms with E-state index in [1.165, 1.54) is 77.7 Å². The van der Waals surface area contributed by atoms with Crippen LogP contribution in [-0.4, -0.2) is 86.9 Å². The Kier molecular flexibility index (Phi) is 9.32. The highest BCUT2D eigenvalue weighted by Crippen LogP contribution is 2.31. The number of guanidine groups is 1. The molecule has 1 unspecified atom stereocenters. The average Bonchev–Trinajstić information content (AvgIpc) is 3.49. The van der Waals surface area contributed by atoms with E-state index >= 15 is 0 Å². The number of nitrogens with one attached hydrogen (secondary N) is 2. The summed E-state index contributed by atoms with van der Waals surface area (Å²) in [5.41, 5.74) is 0.247. The summed E-state index contributed by atoms with van der Waals surface area (Å²) in [6, 6.07) is 0.532. The molecule has 3 saturated heterocycles. The van der Waals surface area contributed by atoms with Gasteiger partial charge in [-0.3, -0.25) is 9.89 Å². The minimum absolute atomic E-state index is 0. The minimum Gasteiger partial charge on any atom is -0.381 e. The molecule has 3 aliphatic heterocycles. The number of hydrogen-bond acceptors (Lipinski definition) is 4. The summed E-state index contributed by atoms with van der Waals surface area (Å²) < 4.78 is 5.69. The Morgan fingerprint density at radius 3 is 2.45 bits per heavy atom. The van der Waals surface area contributed by atoms with Gasteiger partial charge < -0.3 is 20.3 Å². The van der Waals surface area contributed by atoms with Gasteiger partial charge in [0.05, 0.1) is 0 Å². The Bertz CT molecular complexity index is 513. The maximum atomic E-state index is 5.69. The molecule has 0 radical (unpaired) electrons. The fourth-order valence-corrected chi connectivity index (χ4v) is 5.86. The molecule has 7 heteroatoms. The molecule has 1 atom stereocenters. The Balaban J connectivity index is 0.00000240. The van der Waals surface area contributed by atoms with Gasteiger partial charge >= 0.3 is 0 Å². The molecule has 4 aliphatic rings. The number of aliphatic imine (C=N–C) groups is 1. The third-order valence-electron chi connectivity index (χ3n) is 7.61. The summed E-state index contributed by atoms with van der Waals surface area (Å²) in [5.74, 6) is 1.93. The van der Waals surface area contributed by atoms with Crippen molar-refractivity contribution in [3.63, 3.8) is 0 Å². The normalized spacial score (nSPS) is 29.1. The summed E-state index contributed by atoms with van der Waals surface area (Å²) >= 11 is 0. The van der Waals surface area contributed by atoms with Crippen LogP contribution in [0.3, 0.4) is 0 Å². The van der Waals surface area contributed by atoms with Crippen molar-refractivity contribution in [1.29, 1.82) is 0 Å². The molecule has 0 spiro atoms. The molecule has 168 valence electrons. The molecule has 6 nitrogen and oxygen atoms in total. The second-order valence-electron chi connectivity index (χ2n) is 9.50. The second-order valence-corrected chi connectivity index (χ2v) is 9.50. The molecule has 4 fully saturated rings. The van der Waals surface area contributed by atoms with Gasteiger partial charge in [-0.25, -0.2) is 0 Å². The molecular formula is C22H42IN5O. The highest BCUT2D eigenvalue weighted by atomic mass is 127. The van der Waals surface area contributed by atoms with E-state index in [1.807, 2.05) is 7.05 Å². The van der Waals surface area contributed by atoms with E-state index in [4.69, 9.17) is 4.74 Å². The number of ether oxygens (including phenoxy) is 1. The molecule has 0 aromatic carbocycles. The lowest BCUT2D eigenvalue weighted by Gasteiger charge is -2.45. The van der Waals surface area contributed by atoms with Gasteiger partial charge in [0.25, 0.3) is 0 Å². The van der Waals surface area contributed by atoms with Crippen molar-refractivity contribution in [1.82, 2.24) is 20.4 Å². The predicted molar refractivity (Wildman–Crippen MR) is 130 cm³/mol. The first-order valence-electron chi connectivity index (χ1n) is 11.8. The van der Waals surface area contributed by atoms with E-state index in [0.29, 0.717) is 6.04 Å². The van der Waals surface area contributed by atoms with E-state index in [1.54, 1.807) is 0 Å². The first kappa shape index (κ1) is 23.5. The maximum absolute atomic E-state index is 5.69. The molecule has 4 rings (SSSR count). The Morgan fingerprint density at radius 2 is 1.76 bits per heavy atom. The van der Waals surface area contributed by atoms with Crippen molar-refractivity contribution in [2.45, 2.75) is 69.4 Å². The van der Waals surface area contributed by atoms with Crippen LogP contribution in [0.5, 0.6) is 0 Å². The topological polar surface area (TPSA) is 52.1 Å². The fourth-order valence-electron chi connectivity index (χ4n) is 5.86. The standard InChI is InChI=1S/C22H41N5O.HI/c1-23-21(25-20-8-13-26(17-20)16-19-6-2-3-7-19)24-18-22(9-14-28-15-10-22)27-11-4-5-12-27;/h19-20H,2-18H2,1H3,(H2,23,24,25);1H. The van der Waals surface area contributed by atoms with E-state index in [9.17, 15) is 0 Å². The highest BCUT2D eigenvalue weighted by Gasteiger charge is 2.39. The predicted octanol–water partition coefficient (Wildman–Crippen LogP) is 2.68. The number of likely N-dealkylation sites (tertiary alicyclic amines) is 2. The SMILES string of the molecule is CN=C(NCC1(N2CCCC2)CCOCC1)NC1CCN(CC2CCCC2)C1.I. The zero-order valence-corrected chi connectivity index (χ0v) is 20.7. The molecule has 0 aromatic heterocycles. The van der Waals surface area contributed by atoms with Gasteiger partial charge in [-0.1, -0.05) is 12.8 Å². The number of halogens is 1. The summed E-state index contributed by atoms with van der Waals surface area (Å²) in [5, 5.41) is 7.41. The molecule has 2 N–H and O–H groups in total. The van der Waals surface area contributed by atoms with Crippen molar-refractivity contribution < 1.29 is 4.74 Å². The third kappa shape index (κ3) is 6.20. The molecule has 0 bridgehead atoms.